The minimum absolute atomic E-state index is 0.288. The second-order valence-corrected chi connectivity index (χ2v) is 3.18. The molecule has 1 rings (SSSR count). The standard InChI is InChI=1S/C7H8N4O2S/c1-2-3-6(12)11-9-4-5(14-11)10-7(8)13/h2-4H,1H3,(H2,8,13)/b3-2+,10-5+. The number of amides is 2. The Hall–Kier alpha value is -1.76. The number of primary amides is 1. The van der Waals surface area contributed by atoms with Gasteiger partial charge in [-0.15, -0.1) is 4.07 Å². The third-order valence-electron chi connectivity index (χ3n) is 1.17. The van der Waals surface area contributed by atoms with E-state index in [2.05, 4.69) is 10.1 Å². The van der Waals surface area contributed by atoms with Crippen molar-refractivity contribution in [1.82, 2.24) is 9.17 Å². The van der Waals surface area contributed by atoms with Crippen molar-refractivity contribution in [3.63, 3.8) is 0 Å². The molecule has 14 heavy (non-hydrogen) atoms. The first-order chi connectivity index (χ1) is 6.63. The first kappa shape index (κ1) is 10.3. The van der Waals surface area contributed by atoms with Crippen LogP contribution >= 0.6 is 11.5 Å². The molecule has 0 atom stereocenters. The van der Waals surface area contributed by atoms with Gasteiger partial charge < -0.3 is 5.73 Å². The largest absolute Gasteiger partial charge is 0.350 e. The normalized spacial score (nSPS) is 12.2. The minimum Gasteiger partial charge on any atom is -0.350 e. The topological polar surface area (TPSA) is 90.3 Å². The number of urea groups is 1. The average molecular weight is 212 g/mol. The number of nitrogens with two attached hydrogens (primary N) is 1. The summed E-state index contributed by atoms with van der Waals surface area (Å²) in [6, 6.07) is -0.806. The highest BCUT2D eigenvalue weighted by Crippen LogP contribution is 1.89. The number of hydrogen-bond donors (Lipinski definition) is 1. The van der Waals surface area contributed by atoms with Gasteiger partial charge in [-0.2, -0.15) is 10.1 Å². The molecule has 0 spiro atoms. The van der Waals surface area contributed by atoms with Gasteiger partial charge in [-0.25, -0.2) is 4.79 Å². The third kappa shape index (κ3) is 2.63. The maximum Gasteiger partial charge on any atom is 0.339 e. The number of rotatable bonds is 1. The van der Waals surface area contributed by atoms with E-state index in [9.17, 15) is 9.59 Å². The molecule has 0 saturated carbocycles. The molecule has 6 nitrogen and oxygen atoms in total. The lowest BCUT2D eigenvalue weighted by atomic mass is 10.5. The van der Waals surface area contributed by atoms with Gasteiger partial charge in [0.2, 0.25) is 0 Å². The van der Waals surface area contributed by atoms with Crippen LogP contribution in [-0.2, 0) is 0 Å². The van der Waals surface area contributed by atoms with E-state index in [1.807, 2.05) is 0 Å². The first-order valence-corrected chi connectivity index (χ1v) is 4.47. The highest BCUT2D eigenvalue weighted by atomic mass is 32.1. The zero-order valence-electron chi connectivity index (χ0n) is 7.38. The van der Waals surface area contributed by atoms with Crippen molar-refractivity contribution in [2.45, 2.75) is 6.92 Å². The maximum absolute atomic E-state index is 11.2. The lowest BCUT2D eigenvalue weighted by molar-refractivity contribution is 0.0967. The number of carbonyl (C=O) groups is 2. The van der Waals surface area contributed by atoms with Crippen molar-refractivity contribution in [1.29, 1.82) is 0 Å². The molecular weight excluding hydrogens is 204 g/mol. The molecule has 1 aromatic rings. The number of nitrogens with zero attached hydrogens (tertiary/aromatic N) is 3. The fraction of sp³-hybridized carbons (Fsp3) is 0.143. The van der Waals surface area contributed by atoms with E-state index in [0.29, 0.717) is 4.67 Å². The molecule has 74 valence electrons. The van der Waals surface area contributed by atoms with Gasteiger partial charge in [-0.05, 0) is 18.5 Å². The van der Waals surface area contributed by atoms with Crippen LogP contribution in [0.5, 0.6) is 0 Å². The maximum atomic E-state index is 11.2. The summed E-state index contributed by atoms with van der Waals surface area (Å²) in [5.41, 5.74) is 4.83. The Kier molecular flexibility index (Phi) is 3.29. The van der Waals surface area contributed by atoms with E-state index in [4.69, 9.17) is 5.73 Å². The molecule has 0 aliphatic rings. The monoisotopic (exact) mass is 212 g/mol. The van der Waals surface area contributed by atoms with Crippen LogP contribution < -0.4 is 10.4 Å². The molecule has 0 aliphatic heterocycles. The lowest BCUT2D eigenvalue weighted by Gasteiger charge is -1.88. The van der Waals surface area contributed by atoms with Crippen molar-refractivity contribution < 1.29 is 9.59 Å². The fourth-order valence-corrected chi connectivity index (χ4v) is 1.35. The van der Waals surface area contributed by atoms with E-state index < -0.39 is 6.03 Å². The zero-order valence-corrected chi connectivity index (χ0v) is 8.19. The Morgan fingerprint density at radius 1 is 1.71 bits per heavy atom. The van der Waals surface area contributed by atoms with E-state index in [1.165, 1.54) is 12.3 Å². The van der Waals surface area contributed by atoms with Crippen LogP contribution in [0.1, 0.15) is 11.7 Å². The van der Waals surface area contributed by atoms with Gasteiger partial charge in [0.15, 0.2) is 4.67 Å². The van der Waals surface area contributed by atoms with Gasteiger partial charge in [0.05, 0.1) is 6.20 Å². The Labute approximate surface area is 83.5 Å². The average Bonchev–Trinajstić information content (AvgIpc) is 2.52. The van der Waals surface area contributed by atoms with E-state index in [0.717, 1.165) is 15.6 Å². The molecular formula is C7H8N4O2S. The van der Waals surface area contributed by atoms with Crippen LogP contribution in [0.15, 0.2) is 23.3 Å². The summed E-state index contributed by atoms with van der Waals surface area (Å²) in [7, 11) is 0. The van der Waals surface area contributed by atoms with E-state index in [1.54, 1.807) is 13.0 Å². The van der Waals surface area contributed by atoms with Crippen LogP contribution in [0, 0.1) is 0 Å². The lowest BCUT2D eigenvalue weighted by Crippen LogP contribution is -2.09. The summed E-state index contributed by atoms with van der Waals surface area (Å²) in [6.45, 7) is 1.72. The van der Waals surface area contributed by atoms with Crippen molar-refractivity contribution >= 4 is 23.5 Å². The molecule has 0 aromatic carbocycles. The summed E-state index contributed by atoms with van der Waals surface area (Å²) in [6.07, 6.45) is 4.26. The van der Waals surface area contributed by atoms with Gasteiger partial charge in [0.25, 0.3) is 5.91 Å². The molecule has 1 heterocycles. The predicted molar refractivity (Wildman–Crippen MR) is 50.7 cm³/mol. The van der Waals surface area contributed by atoms with E-state index >= 15 is 0 Å². The fourth-order valence-electron chi connectivity index (χ4n) is 0.704. The predicted octanol–water partition coefficient (Wildman–Crippen LogP) is 0.140. The van der Waals surface area contributed by atoms with Crippen LogP contribution in [-0.4, -0.2) is 21.1 Å². The van der Waals surface area contributed by atoms with Crippen LogP contribution in [0.4, 0.5) is 4.79 Å². The Morgan fingerprint density at radius 3 is 3.00 bits per heavy atom. The molecule has 0 saturated heterocycles. The SMILES string of the molecule is C/C=C/C(=O)n1nc/c(=N\C(N)=O)s1. The summed E-state index contributed by atoms with van der Waals surface area (Å²) in [5, 5.41) is 3.72. The molecule has 0 unspecified atom stereocenters. The van der Waals surface area contributed by atoms with Crippen LogP contribution in [0.2, 0.25) is 0 Å². The van der Waals surface area contributed by atoms with Gasteiger partial charge in [0, 0.05) is 6.08 Å². The molecule has 0 aliphatic carbocycles. The van der Waals surface area contributed by atoms with Gasteiger partial charge >= 0.3 is 6.03 Å². The molecule has 0 radical (unpaired) electrons. The van der Waals surface area contributed by atoms with Crippen molar-refractivity contribution in [3.8, 4) is 0 Å². The summed E-state index contributed by atoms with van der Waals surface area (Å²) < 4.78 is 1.41. The molecule has 7 heteroatoms. The van der Waals surface area contributed by atoms with Crippen molar-refractivity contribution in [3.05, 3.63) is 23.0 Å². The van der Waals surface area contributed by atoms with Crippen molar-refractivity contribution in [2.75, 3.05) is 0 Å². The molecule has 1 aromatic heterocycles. The van der Waals surface area contributed by atoms with E-state index in [-0.39, 0.29) is 5.91 Å². The first-order valence-electron chi connectivity index (χ1n) is 3.70. The second kappa shape index (κ2) is 4.47. The quantitative estimate of drug-likeness (QED) is 0.671. The Balaban J connectivity index is 2.99. The molecule has 0 fully saturated rings. The number of allylic oxidation sites excluding steroid dienone is 2. The second-order valence-electron chi connectivity index (χ2n) is 2.24. The minimum atomic E-state index is -0.806. The third-order valence-corrected chi connectivity index (χ3v) is 2.00. The highest BCUT2D eigenvalue weighted by Gasteiger charge is 2.01. The Bertz CT molecular complexity index is 443. The smallest absolute Gasteiger partial charge is 0.339 e. The molecule has 2 N–H and O–H groups in total. The van der Waals surface area contributed by atoms with Crippen molar-refractivity contribution in [2.24, 2.45) is 10.7 Å². The zero-order chi connectivity index (χ0) is 10.6. The summed E-state index contributed by atoms with van der Waals surface area (Å²) >= 11 is 0.947. The van der Waals surface area contributed by atoms with Crippen LogP contribution in [0.3, 0.4) is 0 Å². The summed E-state index contributed by atoms with van der Waals surface area (Å²) in [4.78, 5) is 25.0. The number of carbonyl (C=O) groups excluding carboxylic acids is 2. The highest BCUT2D eigenvalue weighted by molar-refractivity contribution is 7.04. The molecule has 0 bridgehead atoms. The Morgan fingerprint density at radius 2 is 2.43 bits per heavy atom. The summed E-state index contributed by atoms with van der Waals surface area (Å²) in [5.74, 6) is -0.288. The molecule has 2 amide bonds. The van der Waals surface area contributed by atoms with Gasteiger partial charge in [-0.3, -0.25) is 4.79 Å². The van der Waals surface area contributed by atoms with Gasteiger partial charge in [0.1, 0.15) is 0 Å². The number of aromatic nitrogens is 2. The van der Waals surface area contributed by atoms with Crippen LogP contribution in [0.25, 0.3) is 0 Å². The van der Waals surface area contributed by atoms with Gasteiger partial charge in [-0.1, -0.05) is 6.08 Å². The number of hydrogen-bond acceptors (Lipinski definition) is 4.